The van der Waals surface area contributed by atoms with E-state index in [1.165, 1.54) is 5.56 Å². The van der Waals surface area contributed by atoms with Crippen LogP contribution in [-0.4, -0.2) is 48.6 Å². The van der Waals surface area contributed by atoms with Gasteiger partial charge in [0.2, 0.25) is 0 Å². The third-order valence-corrected chi connectivity index (χ3v) is 5.32. The first kappa shape index (κ1) is 25.0. The molecule has 1 aromatic carbocycles. The SMILES string of the molecule is CC.CCc1cc(N2CCN(C(=O)OC(C)(C)C)CC2)ccc1C(C)(C)C(C)=O. The minimum absolute atomic E-state index is 0.177. The van der Waals surface area contributed by atoms with Crippen LogP contribution in [0.25, 0.3) is 0 Å². The quantitative estimate of drug-likeness (QED) is 0.692. The number of anilines is 1. The maximum atomic E-state index is 12.2. The van der Waals surface area contributed by atoms with Gasteiger partial charge in [0.15, 0.2) is 0 Å². The lowest BCUT2D eigenvalue weighted by molar-refractivity contribution is -0.121. The second-order valence-corrected chi connectivity index (χ2v) is 8.83. The van der Waals surface area contributed by atoms with Gasteiger partial charge in [0, 0.05) is 37.3 Å². The molecule has 0 bridgehead atoms. The van der Waals surface area contributed by atoms with Gasteiger partial charge in [-0.15, -0.1) is 0 Å². The fourth-order valence-electron chi connectivity index (χ4n) is 3.34. The third-order valence-electron chi connectivity index (χ3n) is 5.32. The number of nitrogens with zero attached hydrogens (tertiary/aromatic N) is 2. The standard InChI is InChI=1S/C22H34N2O3.C2H6/c1-8-17-15-18(9-10-19(17)22(6,7)16(2)25)23-11-13-24(14-12-23)20(26)27-21(3,4)5;1-2/h9-10,15H,8,11-14H2,1-7H3;1-2H3. The zero-order valence-electron chi connectivity index (χ0n) is 19.9. The molecule has 0 N–H and O–H groups in total. The number of ether oxygens (including phenoxy) is 1. The fraction of sp³-hybridized carbons (Fsp3) is 0.667. The first-order chi connectivity index (χ1) is 13.5. The predicted molar refractivity (Wildman–Crippen MR) is 121 cm³/mol. The summed E-state index contributed by atoms with van der Waals surface area (Å²) in [5, 5.41) is 0. The maximum Gasteiger partial charge on any atom is 0.410 e. The van der Waals surface area contributed by atoms with Crippen LogP contribution in [0.1, 0.15) is 73.4 Å². The molecule has 0 spiro atoms. The Labute approximate surface area is 177 Å². The number of ketones is 1. The molecule has 5 heteroatoms. The monoisotopic (exact) mass is 404 g/mol. The first-order valence-corrected chi connectivity index (χ1v) is 10.8. The molecule has 0 unspecified atom stereocenters. The molecule has 1 saturated heterocycles. The van der Waals surface area contributed by atoms with E-state index in [0.717, 1.165) is 30.8 Å². The second-order valence-electron chi connectivity index (χ2n) is 8.83. The molecule has 1 aliphatic heterocycles. The van der Waals surface area contributed by atoms with Crippen LogP contribution in [0.3, 0.4) is 0 Å². The first-order valence-electron chi connectivity index (χ1n) is 10.8. The van der Waals surface area contributed by atoms with E-state index in [-0.39, 0.29) is 11.9 Å². The van der Waals surface area contributed by atoms with E-state index in [1.807, 2.05) is 48.5 Å². The molecule has 1 aromatic rings. The molecular weight excluding hydrogens is 364 g/mol. The van der Waals surface area contributed by atoms with Crippen molar-refractivity contribution in [2.45, 2.75) is 79.8 Å². The lowest BCUT2D eigenvalue weighted by Gasteiger charge is -2.37. The number of hydrogen-bond donors (Lipinski definition) is 0. The highest BCUT2D eigenvalue weighted by Gasteiger charge is 2.29. The highest BCUT2D eigenvalue weighted by molar-refractivity contribution is 5.87. The molecule has 0 atom stereocenters. The average Bonchev–Trinajstić information content (AvgIpc) is 2.67. The molecule has 1 aliphatic rings. The summed E-state index contributed by atoms with van der Waals surface area (Å²) in [5.74, 6) is 0.177. The summed E-state index contributed by atoms with van der Waals surface area (Å²) in [5.41, 5.74) is 2.53. The number of carbonyl (C=O) groups is 2. The van der Waals surface area contributed by atoms with E-state index < -0.39 is 11.0 Å². The zero-order chi connectivity index (χ0) is 22.4. The average molecular weight is 405 g/mol. The Morgan fingerprint density at radius 3 is 2.00 bits per heavy atom. The summed E-state index contributed by atoms with van der Waals surface area (Å²) in [4.78, 5) is 28.4. The molecule has 164 valence electrons. The van der Waals surface area contributed by atoms with Crippen molar-refractivity contribution in [3.05, 3.63) is 29.3 Å². The third kappa shape index (κ3) is 6.48. The minimum atomic E-state index is -0.473. The Kier molecular flexibility index (Phi) is 8.73. The molecule has 5 nitrogen and oxygen atoms in total. The summed E-state index contributed by atoms with van der Waals surface area (Å²) < 4.78 is 5.47. The Bertz CT molecular complexity index is 697. The van der Waals surface area contributed by atoms with Gasteiger partial charge >= 0.3 is 6.09 Å². The van der Waals surface area contributed by atoms with Crippen LogP contribution >= 0.6 is 0 Å². The van der Waals surface area contributed by atoms with Crippen LogP contribution < -0.4 is 4.90 Å². The molecule has 0 radical (unpaired) electrons. The second kappa shape index (κ2) is 10.1. The van der Waals surface area contributed by atoms with Crippen molar-refractivity contribution in [3.8, 4) is 0 Å². The molecular formula is C24H40N2O3. The van der Waals surface area contributed by atoms with Gasteiger partial charge in [-0.1, -0.05) is 26.8 Å². The van der Waals surface area contributed by atoms with Gasteiger partial charge < -0.3 is 14.5 Å². The Balaban J connectivity index is 0.00000204. The predicted octanol–water partition coefficient (Wildman–Crippen LogP) is 5.20. The number of hydrogen-bond acceptors (Lipinski definition) is 4. The van der Waals surface area contributed by atoms with Crippen molar-refractivity contribution < 1.29 is 14.3 Å². The van der Waals surface area contributed by atoms with Gasteiger partial charge in [-0.2, -0.15) is 0 Å². The van der Waals surface area contributed by atoms with Gasteiger partial charge in [0.25, 0.3) is 0 Å². The summed E-state index contributed by atoms with van der Waals surface area (Å²) in [6, 6.07) is 6.39. The van der Waals surface area contributed by atoms with Crippen molar-refractivity contribution in [2.24, 2.45) is 0 Å². The van der Waals surface area contributed by atoms with E-state index in [2.05, 4.69) is 30.0 Å². The number of benzene rings is 1. The van der Waals surface area contributed by atoms with Gasteiger partial charge in [0.1, 0.15) is 11.4 Å². The maximum absolute atomic E-state index is 12.2. The van der Waals surface area contributed by atoms with Crippen LogP contribution in [0.5, 0.6) is 0 Å². The van der Waals surface area contributed by atoms with Crippen molar-refractivity contribution in [1.82, 2.24) is 4.90 Å². The van der Waals surface area contributed by atoms with Crippen molar-refractivity contribution >= 4 is 17.6 Å². The Morgan fingerprint density at radius 1 is 1.00 bits per heavy atom. The number of amides is 1. The summed E-state index contributed by atoms with van der Waals surface area (Å²) in [7, 11) is 0. The Morgan fingerprint density at radius 2 is 1.55 bits per heavy atom. The normalized spacial score (nSPS) is 14.8. The summed E-state index contributed by atoms with van der Waals surface area (Å²) >= 11 is 0. The largest absolute Gasteiger partial charge is 0.444 e. The Hall–Kier alpha value is -2.04. The summed E-state index contributed by atoms with van der Waals surface area (Å²) in [6.45, 7) is 20.3. The molecule has 0 saturated carbocycles. The molecule has 0 aliphatic carbocycles. The number of rotatable bonds is 4. The number of carbonyl (C=O) groups excluding carboxylic acids is 2. The fourth-order valence-corrected chi connectivity index (χ4v) is 3.34. The van der Waals surface area contributed by atoms with E-state index >= 15 is 0 Å². The van der Waals surface area contributed by atoms with Crippen LogP contribution in [0, 0.1) is 0 Å². The van der Waals surface area contributed by atoms with Crippen LogP contribution in [-0.2, 0) is 21.4 Å². The van der Waals surface area contributed by atoms with Crippen molar-refractivity contribution in [2.75, 3.05) is 31.1 Å². The smallest absolute Gasteiger partial charge is 0.410 e. The molecule has 29 heavy (non-hydrogen) atoms. The minimum Gasteiger partial charge on any atom is -0.444 e. The highest BCUT2D eigenvalue weighted by atomic mass is 16.6. The molecule has 2 rings (SSSR count). The zero-order valence-corrected chi connectivity index (χ0v) is 19.9. The highest BCUT2D eigenvalue weighted by Crippen LogP contribution is 2.31. The van der Waals surface area contributed by atoms with Crippen molar-refractivity contribution in [1.29, 1.82) is 0 Å². The lowest BCUT2D eigenvalue weighted by Crippen LogP contribution is -2.50. The van der Waals surface area contributed by atoms with E-state index in [4.69, 9.17) is 4.74 Å². The van der Waals surface area contributed by atoms with Crippen LogP contribution in [0.15, 0.2) is 18.2 Å². The topological polar surface area (TPSA) is 49.9 Å². The lowest BCUT2D eigenvalue weighted by atomic mass is 9.78. The van der Waals surface area contributed by atoms with E-state index in [9.17, 15) is 9.59 Å². The molecule has 1 amide bonds. The van der Waals surface area contributed by atoms with E-state index in [1.54, 1.807) is 11.8 Å². The van der Waals surface area contributed by atoms with Gasteiger partial charge in [-0.25, -0.2) is 4.79 Å². The van der Waals surface area contributed by atoms with E-state index in [0.29, 0.717) is 13.1 Å². The van der Waals surface area contributed by atoms with Crippen molar-refractivity contribution in [3.63, 3.8) is 0 Å². The van der Waals surface area contributed by atoms with Gasteiger partial charge in [-0.05, 0) is 71.2 Å². The molecule has 1 heterocycles. The number of piperazine rings is 1. The molecule has 0 aromatic heterocycles. The van der Waals surface area contributed by atoms with Crippen LogP contribution in [0.4, 0.5) is 10.5 Å². The number of Topliss-reactive ketones (excluding diaryl/α,β-unsaturated/α-hetero) is 1. The number of aryl methyl sites for hydroxylation is 1. The summed E-state index contributed by atoms with van der Waals surface area (Å²) in [6.07, 6.45) is 0.646. The van der Waals surface area contributed by atoms with Gasteiger partial charge in [0.05, 0.1) is 0 Å². The molecule has 1 fully saturated rings. The van der Waals surface area contributed by atoms with Gasteiger partial charge in [-0.3, -0.25) is 4.79 Å². The van der Waals surface area contributed by atoms with Crippen LogP contribution in [0.2, 0.25) is 0 Å².